The molecule has 1 heterocycles. The minimum Gasteiger partial charge on any atom is -0.468 e. The lowest BCUT2D eigenvalue weighted by Gasteiger charge is -2.32. The monoisotopic (exact) mass is 340 g/mol. The summed E-state index contributed by atoms with van der Waals surface area (Å²) in [6.45, 7) is 2.60. The molecule has 132 valence electrons. The predicted molar refractivity (Wildman–Crippen MR) is 84.5 cm³/mol. The Morgan fingerprint density at radius 3 is 2.25 bits per heavy atom. The van der Waals surface area contributed by atoms with Crippen molar-refractivity contribution >= 4 is 0 Å². The highest BCUT2D eigenvalue weighted by Gasteiger charge is 2.28. The van der Waals surface area contributed by atoms with Gasteiger partial charge in [0.25, 0.3) is 0 Å². The van der Waals surface area contributed by atoms with Gasteiger partial charge in [-0.25, -0.2) is 13.2 Å². The first-order chi connectivity index (χ1) is 11.6. The highest BCUT2D eigenvalue weighted by atomic mass is 19.2. The molecule has 0 amide bonds. The molecular weight excluding hydrogens is 317 g/mol. The van der Waals surface area contributed by atoms with Crippen molar-refractivity contribution in [2.24, 2.45) is 11.8 Å². The molecule has 0 radical (unpaired) electrons. The summed E-state index contributed by atoms with van der Waals surface area (Å²) in [5.74, 6) is -2.66. The van der Waals surface area contributed by atoms with Crippen molar-refractivity contribution in [1.82, 2.24) is 0 Å². The van der Waals surface area contributed by atoms with E-state index in [1.165, 1.54) is 25.7 Å². The average Bonchev–Trinajstić information content (AvgIpc) is 2.60. The van der Waals surface area contributed by atoms with E-state index in [9.17, 15) is 13.2 Å². The van der Waals surface area contributed by atoms with Crippen LogP contribution in [0, 0.1) is 29.3 Å². The van der Waals surface area contributed by atoms with Crippen LogP contribution < -0.4 is 0 Å². The lowest BCUT2D eigenvalue weighted by Crippen LogP contribution is -2.23. The second-order valence-corrected chi connectivity index (χ2v) is 6.78. The van der Waals surface area contributed by atoms with Gasteiger partial charge in [0.1, 0.15) is 0 Å². The molecule has 1 atom stereocenters. The van der Waals surface area contributed by atoms with Gasteiger partial charge in [-0.2, -0.15) is 0 Å². The lowest BCUT2D eigenvalue weighted by atomic mass is 9.77. The van der Waals surface area contributed by atoms with Crippen LogP contribution in [0.5, 0.6) is 0 Å². The van der Waals surface area contributed by atoms with E-state index in [0.29, 0.717) is 12.5 Å². The van der Waals surface area contributed by atoms with Crippen LogP contribution in [-0.2, 0) is 9.47 Å². The van der Waals surface area contributed by atoms with Gasteiger partial charge in [-0.05, 0) is 55.2 Å². The molecule has 0 spiro atoms. The van der Waals surface area contributed by atoms with Crippen LogP contribution in [0.4, 0.5) is 13.2 Å². The smallest absolute Gasteiger partial charge is 0.226 e. The molecule has 2 nitrogen and oxygen atoms in total. The second kappa shape index (κ2) is 7.60. The number of benzene rings is 1. The molecule has 1 aliphatic carbocycles. The molecule has 2 aliphatic rings. The highest BCUT2D eigenvalue weighted by molar-refractivity contribution is 5.22. The lowest BCUT2D eigenvalue weighted by molar-refractivity contribution is -0.122. The Labute approximate surface area is 140 Å². The predicted octanol–water partition coefficient (Wildman–Crippen LogP) is 5.64. The van der Waals surface area contributed by atoms with Crippen molar-refractivity contribution in [1.29, 1.82) is 0 Å². The Morgan fingerprint density at radius 1 is 1.04 bits per heavy atom. The van der Waals surface area contributed by atoms with Crippen LogP contribution in [0.1, 0.15) is 57.3 Å². The van der Waals surface area contributed by atoms with Crippen LogP contribution in [0.15, 0.2) is 24.0 Å². The Kier molecular flexibility index (Phi) is 5.49. The minimum absolute atomic E-state index is 0.147. The van der Waals surface area contributed by atoms with E-state index in [2.05, 4.69) is 6.92 Å². The number of halogens is 3. The fourth-order valence-corrected chi connectivity index (χ4v) is 3.72. The van der Waals surface area contributed by atoms with Gasteiger partial charge in [0, 0.05) is 5.56 Å². The van der Waals surface area contributed by atoms with Crippen molar-refractivity contribution in [3.8, 4) is 0 Å². The summed E-state index contributed by atoms with van der Waals surface area (Å²) < 4.78 is 50.8. The molecule has 0 bridgehead atoms. The van der Waals surface area contributed by atoms with Crippen LogP contribution in [0.2, 0.25) is 0 Å². The van der Waals surface area contributed by atoms with Gasteiger partial charge in [0.2, 0.25) is 6.29 Å². The molecule has 1 aromatic carbocycles. The molecular formula is C19H23F3O2. The van der Waals surface area contributed by atoms with Gasteiger partial charge in [-0.15, -0.1) is 0 Å². The Bertz CT molecular complexity index is 584. The van der Waals surface area contributed by atoms with Crippen LogP contribution in [-0.4, -0.2) is 6.61 Å². The van der Waals surface area contributed by atoms with E-state index in [4.69, 9.17) is 9.47 Å². The van der Waals surface area contributed by atoms with Gasteiger partial charge < -0.3 is 9.47 Å². The van der Waals surface area contributed by atoms with Crippen molar-refractivity contribution in [3.05, 3.63) is 47.0 Å². The van der Waals surface area contributed by atoms with Crippen molar-refractivity contribution in [3.63, 3.8) is 0 Å². The quantitative estimate of drug-likeness (QED) is 0.660. The largest absolute Gasteiger partial charge is 0.468 e. The highest BCUT2D eigenvalue weighted by Crippen LogP contribution is 2.38. The topological polar surface area (TPSA) is 18.5 Å². The zero-order valence-corrected chi connectivity index (χ0v) is 13.9. The SMILES string of the molecule is CCCC1CCC(C2=COC(c3cc(F)c(F)c(F)c3)OC2)CC1. The molecule has 1 aromatic rings. The molecule has 1 aliphatic heterocycles. The van der Waals surface area contributed by atoms with Gasteiger partial charge in [-0.1, -0.05) is 19.8 Å². The number of ether oxygens (including phenoxy) is 2. The van der Waals surface area contributed by atoms with Crippen molar-refractivity contribution < 1.29 is 22.6 Å². The molecule has 24 heavy (non-hydrogen) atoms. The number of hydrogen-bond acceptors (Lipinski definition) is 2. The zero-order valence-electron chi connectivity index (χ0n) is 13.9. The summed E-state index contributed by atoms with van der Waals surface area (Å²) >= 11 is 0. The van der Waals surface area contributed by atoms with Gasteiger partial charge in [0.05, 0.1) is 12.9 Å². The molecule has 5 heteroatoms. The average molecular weight is 340 g/mol. The Hall–Kier alpha value is -1.49. The molecule has 1 fully saturated rings. The van der Waals surface area contributed by atoms with Crippen molar-refractivity contribution in [2.75, 3.05) is 6.61 Å². The molecule has 1 unspecified atom stereocenters. The van der Waals surface area contributed by atoms with Crippen LogP contribution in [0.25, 0.3) is 0 Å². The van der Waals surface area contributed by atoms with E-state index >= 15 is 0 Å². The van der Waals surface area contributed by atoms with E-state index in [1.54, 1.807) is 6.26 Å². The first-order valence-corrected chi connectivity index (χ1v) is 8.69. The first-order valence-electron chi connectivity index (χ1n) is 8.69. The summed E-state index contributed by atoms with van der Waals surface area (Å²) in [6, 6.07) is 1.83. The summed E-state index contributed by atoms with van der Waals surface area (Å²) in [5.41, 5.74) is 1.25. The molecule has 0 aromatic heterocycles. The normalized spacial score (nSPS) is 27.5. The van der Waals surface area contributed by atoms with E-state index in [0.717, 1.165) is 36.5 Å². The Morgan fingerprint density at radius 2 is 1.71 bits per heavy atom. The summed E-state index contributed by atoms with van der Waals surface area (Å²) in [7, 11) is 0. The zero-order chi connectivity index (χ0) is 17.1. The van der Waals surface area contributed by atoms with Crippen LogP contribution in [0.3, 0.4) is 0 Å². The summed E-state index contributed by atoms with van der Waals surface area (Å²) in [5, 5.41) is 0. The van der Waals surface area contributed by atoms with Crippen LogP contribution >= 0.6 is 0 Å². The van der Waals surface area contributed by atoms with E-state index in [1.807, 2.05) is 0 Å². The molecule has 0 N–H and O–H groups in total. The second-order valence-electron chi connectivity index (χ2n) is 6.78. The molecule has 1 saturated carbocycles. The van der Waals surface area contributed by atoms with E-state index in [-0.39, 0.29) is 5.56 Å². The summed E-state index contributed by atoms with van der Waals surface area (Å²) in [6.07, 6.45) is 8.02. The fourth-order valence-electron chi connectivity index (χ4n) is 3.72. The number of hydrogen-bond donors (Lipinski definition) is 0. The third kappa shape index (κ3) is 3.77. The third-order valence-corrected chi connectivity index (χ3v) is 5.09. The number of rotatable bonds is 4. The molecule has 0 saturated heterocycles. The standard InChI is InChI=1S/C19H23F3O2/c1-2-3-12-4-6-13(7-5-12)15-10-23-19(24-11-15)14-8-16(20)18(22)17(21)9-14/h8-10,12-13,19H,2-7,11H2,1H3. The summed E-state index contributed by atoms with van der Waals surface area (Å²) in [4.78, 5) is 0. The Balaban J connectivity index is 1.60. The maximum atomic E-state index is 13.3. The molecule has 3 rings (SSSR count). The maximum absolute atomic E-state index is 13.3. The third-order valence-electron chi connectivity index (χ3n) is 5.09. The van der Waals surface area contributed by atoms with Crippen molar-refractivity contribution in [2.45, 2.75) is 51.7 Å². The fraction of sp³-hybridized carbons (Fsp3) is 0.579. The minimum atomic E-state index is -1.48. The maximum Gasteiger partial charge on any atom is 0.226 e. The van der Waals surface area contributed by atoms with E-state index < -0.39 is 23.7 Å². The van der Waals surface area contributed by atoms with Gasteiger partial charge in [-0.3, -0.25) is 0 Å². The first kappa shape index (κ1) is 17.3. The van der Waals surface area contributed by atoms with Gasteiger partial charge in [0.15, 0.2) is 17.5 Å². The van der Waals surface area contributed by atoms with Gasteiger partial charge >= 0.3 is 0 Å².